The molecular weight excluding hydrogens is 512 g/mol. The average molecular weight is 543 g/mol. The summed E-state index contributed by atoms with van der Waals surface area (Å²) in [6.45, 7) is 3.83. The van der Waals surface area contributed by atoms with Gasteiger partial charge in [-0.15, -0.1) is 0 Å². The molecular formula is C29H30N6O3S. The molecule has 10 heteroatoms. The minimum absolute atomic E-state index is 0.0309. The van der Waals surface area contributed by atoms with Gasteiger partial charge >= 0.3 is 0 Å². The number of fused-ring (bicyclic) bond motifs is 1. The number of anilines is 2. The smallest absolute Gasteiger partial charge is 0.263 e. The van der Waals surface area contributed by atoms with E-state index in [-0.39, 0.29) is 34.4 Å². The minimum atomic E-state index is -3.82. The Hall–Kier alpha value is -3.89. The zero-order chi connectivity index (χ0) is 27.0. The molecule has 9 nitrogen and oxygen atoms in total. The summed E-state index contributed by atoms with van der Waals surface area (Å²) in [6, 6.07) is 12.5. The van der Waals surface area contributed by atoms with Crippen molar-refractivity contribution in [2.75, 3.05) is 23.1 Å². The molecule has 39 heavy (non-hydrogen) atoms. The van der Waals surface area contributed by atoms with Crippen molar-refractivity contribution in [2.24, 2.45) is 5.92 Å². The summed E-state index contributed by atoms with van der Waals surface area (Å²) < 4.78 is 28.6. The molecule has 1 amide bonds. The standard InChI is InChI=1S/C29H30N6O3S/c1-18-14-31-15-21-2-5-22(12-24(18)21)33-29(36)26-13-25(26)19-3-6-23(7-4-19)39(37,38)35-28-17-32-16-27(34-28)20-8-10-30-11-9-20/h2-7,12,14-17,20,25-26,30H,8-11,13H2,1H3,(H,33,36)(H,34,35)/t25-,26+/m0/s1. The molecule has 2 aromatic heterocycles. The minimum Gasteiger partial charge on any atom is -0.326 e. The SMILES string of the molecule is Cc1cncc2ccc(NC(=O)[C@@H]3C[C@H]3c3ccc(S(=O)(=O)Nc4cncc(C5CCNCC5)n4)cc3)cc12. The van der Waals surface area contributed by atoms with E-state index in [1.807, 2.05) is 37.5 Å². The van der Waals surface area contributed by atoms with Crippen LogP contribution in [0, 0.1) is 12.8 Å². The summed E-state index contributed by atoms with van der Waals surface area (Å²) in [6.07, 6.45) is 9.39. The van der Waals surface area contributed by atoms with Gasteiger partial charge in [-0.3, -0.25) is 19.5 Å². The van der Waals surface area contributed by atoms with Crippen LogP contribution in [0.1, 0.15) is 47.9 Å². The molecule has 0 unspecified atom stereocenters. The Labute approximate surface area is 227 Å². The van der Waals surface area contributed by atoms with Crippen LogP contribution >= 0.6 is 0 Å². The number of amides is 1. The fraction of sp³-hybridized carbons (Fsp3) is 0.310. The van der Waals surface area contributed by atoms with E-state index in [4.69, 9.17) is 0 Å². The second kappa shape index (κ2) is 10.3. The third-order valence-corrected chi connectivity index (χ3v) is 8.99. The predicted molar refractivity (Wildman–Crippen MR) is 150 cm³/mol. The molecule has 4 aromatic rings. The molecule has 6 rings (SSSR count). The van der Waals surface area contributed by atoms with Gasteiger partial charge in [0.1, 0.15) is 0 Å². The van der Waals surface area contributed by atoms with Gasteiger partial charge in [0.15, 0.2) is 5.82 Å². The van der Waals surface area contributed by atoms with Gasteiger partial charge < -0.3 is 10.6 Å². The van der Waals surface area contributed by atoms with Crippen LogP contribution in [0.25, 0.3) is 10.8 Å². The number of benzene rings is 2. The predicted octanol–water partition coefficient (Wildman–Crippen LogP) is 4.34. The zero-order valence-electron chi connectivity index (χ0n) is 21.6. The van der Waals surface area contributed by atoms with Gasteiger partial charge in [0.25, 0.3) is 10.0 Å². The van der Waals surface area contributed by atoms with Crippen LogP contribution in [0.2, 0.25) is 0 Å². The van der Waals surface area contributed by atoms with Gasteiger partial charge in [-0.2, -0.15) is 0 Å². The molecule has 3 heterocycles. The number of nitrogens with one attached hydrogen (secondary N) is 3. The van der Waals surface area contributed by atoms with Gasteiger partial charge in [-0.05, 0) is 86.0 Å². The molecule has 1 saturated carbocycles. The highest BCUT2D eigenvalue weighted by Crippen LogP contribution is 2.48. The first kappa shape index (κ1) is 25.4. The second-order valence-electron chi connectivity index (χ2n) is 10.4. The maximum absolute atomic E-state index is 13.0. The first-order valence-corrected chi connectivity index (χ1v) is 14.7. The van der Waals surface area contributed by atoms with Crippen LogP contribution < -0.4 is 15.4 Å². The van der Waals surface area contributed by atoms with E-state index >= 15 is 0 Å². The molecule has 1 aliphatic heterocycles. The van der Waals surface area contributed by atoms with E-state index in [2.05, 4.69) is 30.3 Å². The lowest BCUT2D eigenvalue weighted by atomic mass is 9.95. The number of aryl methyl sites for hydroxylation is 1. The molecule has 0 spiro atoms. The average Bonchev–Trinajstić information content (AvgIpc) is 3.76. The van der Waals surface area contributed by atoms with Gasteiger partial charge in [-0.25, -0.2) is 13.4 Å². The Morgan fingerprint density at radius 1 is 0.974 bits per heavy atom. The molecule has 200 valence electrons. The van der Waals surface area contributed by atoms with Gasteiger partial charge in [-0.1, -0.05) is 18.2 Å². The Bertz CT molecular complexity index is 1630. The lowest BCUT2D eigenvalue weighted by Crippen LogP contribution is -2.27. The third-order valence-electron chi connectivity index (χ3n) is 7.62. The highest BCUT2D eigenvalue weighted by atomic mass is 32.2. The summed E-state index contributed by atoms with van der Waals surface area (Å²) in [4.78, 5) is 26.0. The van der Waals surface area contributed by atoms with Crippen LogP contribution in [-0.2, 0) is 14.8 Å². The van der Waals surface area contributed by atoms with E-state index in [0.29, 0.717) is 0 Å². The molecule has 1 saturated heterocycles. The van der Waals surface area contributed by atoms with Crippen LogP contribution in [-0.4, -0.2) is 42.4 Å². The summed E-state index contributed by atoms with van der Waals surface area (Å²) in [5.74, 6) is 0.376. The zero-order valence-corrected chi connectivity index (χ0v) is 22.4. The van der Waals surface area contributed by atoms with Crippen molar-refractivity contribution < 1.29 is 13.2 Å². The molecule has 2 atom stereocenters. The van der Waals surface area contributed by atoms with Gasteiger partial charge in [0.05, 0.1) is 16.8 Å². The molecule has 0 bridgehead atoms. The normalized spacial score (nSPS) is 19.5. The maximum Gasteiger partial charge on any atom is 0.263 e. The summed E-state index contributed by atoms with van der Waals surface area (Å²) in [7, 11) is -3.82. The van der Waals surface area contributed by atoms with Crippen LogP contribution in [0.4, 0.5) is 11.5 Å². The van der Waals surface area contributed by atoms with Crippen molar-refractivity contribution in [1.29, 1.82) is 0 Å². The Kier molecular flexibility index (Phi) is 6.74. The number of piperidine rings is 1. The molecule has 2 aliphatic rings. The van der Waals surface area contributed by atoms with E-state index < -0.39 is 10.0 Å². The lowest BCUT2D eigenvalue weighted by Gasteiger charge is -2.22. The number of pyridine rings is 1. The first-order valence-electron chi connectivity index (χ1n) is 13.2. The van der Waals surface area contributed by atoms with Gasteiger partial charge in [0.2, 0.25) is 5.91 Å². The summed E-state index contributed by atoms with van der Waals surface area (Å²) in [5, 5.41) is 8.44. The Balaban J connectivity index is 1.09. The number of aromatic nitrogens is 3. The van der Waals surface area contributed by atoms with E-state index in [1.165, 1.54) is 6.20 Å². The molecule has 2 aromatic carbocycles. The third kappa shape index (κ3) is 5.48. The van der Waals surface area contributed by atoms with E-state index in [1.54, 1.807) is 30.5 Å². The first-order chi connectivity index (χ1) is 18.9. The van der Waals surface area contributed by atoms with Crippen molar-refractivity contribution in [2.45, 2.75) is 42.9 Å². The number of carbonyl (C=O) groups excluding carboxylic acids is 1. The number of carbonyl (C=O) groups is 1. The number of hydrogen-bond donors (Lipinski definition) is 3. The number of rotatable bonds is 7. The van der Waals surface area contributed by atoms with Crippen molar-refractivity contribution in [3.05, 3.63) is 84.1 Å². The maximum atomic E-state index is 13.0. The largest absolute Gasteiger partial charge is 0.326 e. The van der Waals surface area contributed by atoms with Crippen LogP contribution in [0.15, 0.2) is 72.1 Å². The van der Waals surface area contributed by atoms with Crippen molar-refractivity contribution in [3.63, 3.8) is 0 Å². The number of hydrogen-bond acceptors (Lipinski definition) is 7. The summed E-state index contributed by atoms with van der Waals surface area (Å²) >= 11 is 0. The lowest BCUT2D eigenvalue weighted by molar-refractivity contribution is -0.117. The van der Waals surface area contributed by atoms with Crippen molar-refractivity contribution in [1.82, 2.24) is 20.3 Å². The summed E-state index contributed by atoms with van der Waals surface area (Å²) in [5.41, 5.74) is 3.56. The molecule has 2 fully saturated rings. The van der Waals surface area contributed by atoms with E-state index in [9.17, 15) is 13.2 Å². The number of sulfonamides is 1. The van der Waals surface area contributed by atoms with E-state index in [0.717, 1.165) is 65.6 Å². The molecule has 1 aliphatic carbocycles. The van der Waals surface area contributed by atoms with Crippen LogP contribution in [0.5, 0.6) is 0 Å². The number of nitrogens with zero attached hydrogens (tertiary/aromatic N) is 3. The quantitative estimate of drug-likeness (QED) is 0.317. The Morgan fingerprint density at radius 2 is 1.74 bits per heavy atom. The molecule has 3 N–H and O–H groups in total. The van der Waals surface area contributed by atoms with Crippen LogP contribution in [0.3, 0.4) is 0 Å². The molecule has 0 radical (unpaired) electrons. The topological polar surface area (TPSA) is 126 Å². The van der Waals surface area contributed by atoms with Crippen molar-refractivity contribution >= 4 is 38.2 Å². The fourth-order valence-electron chi connectivity index (χ4n) is 5.31. The van der Waals surface area contributed by atoms with Gasteiger partial charge in [0, 0.05) is 41.5 Å². The monoisotopic (exact) mass is 542 g/mol. The second-order valence-corrected chi connectivity index (χ2v) is 12.0. The highest BCUT2D eigenvalue weighted by Gasteiger charge is 2.44. The highest BCUT2D eigenvalue weighted by molar-refractivity contribution is 7.92. The fourth-order valence-corrected chi connectivity index (χ4v) is 6.30. The van der Waals surface area contributed by atoms with Crippen molar-refractivity contribution in [3.8, 4) is 0 Å². The Morgan fingerprint density at radius 3 is 2.54 bits per heavy atom.